The van der Waals surface area contributed by atoms with E-state index in [1.165, 1.54) is 10.9 Å². The zero-order chi connectivity index (χ0) is 15.1. The Bertz CT molecular complexity index is 661. The van der Waals surface area contributed by atoms with E-state index in [-0.39, 0.29) is 5.82 Å². The van der Waals surface area contributed by atoms with Crippen molar-refractivity contribution in [2.45, 2.75) is 24.5 Å². The number of ether oxygens (including phenoxy) is 1. The Morgan fingerprint density at radius 1 is 1.38 bits per heavy atom. The summed E-state index contributed by atoms with van der Waals surface area (Å²) in [5, 5.41) is 32.0. The summed E-state index contributed by atoms with van der Waals surface area (Å²) in [5.41, 5.74) is 6.48. The molecule has 0 unspecified atom stereocenters. The van der Waals surface area contributed by atoms with Gasteiger partial charge in [0, 0.05) is 7.05 Å². The molecule has 114 valence electrons. The molecule has 1 aliphatic rings. The third kappa shape index (κ3) is 2.00. The van der Waals surface area contributed by atoms with Crippen molar-refractivity contribution in [1.82, 2.24) is 19.5 Å². The maximum atomic E-state index is 10.1. The smallest absolute Gasteiger partial charge is 0.207 e. The number of aliphatic hydroxyl groups is 3. The molecule has 1 aliphatic heterocycles. The van der Waals surface area contributed by atoms with Crippen LogP contribution < -0.4 is 11.1 Å². The van der Waals surface area contributed by atoms with Crippen LogP contribution in [0.15, 0.2) is 6.33 Å². The average Bonchev–Trinajstić information content (AvgIpc) is 2.99. The van der Waals surface area contributed by atoms with Crippen molar-refractivity contribution in [2.75, 3.05) is 24.7 Å². The van der Waals surface area contributed by atoms with Crippen molar-refractivity contribution >= 4 is 22.9 Å². The number of rotatable bonds is 3. The van der Waals surface area contributed by atoms with E-state index >= 15 is 0 Å². The van der Waals surface area contributed by atoms with Gasteiger partial charge in [-0.1, -0.05) is 0 Å². The van der Waals surface area contributed by atoms with Gasteiger partial charge in [0.2, 0.25) is 5.95 Å². The minimum Gasteiger partial charge on any atom is -0.394 e. The molecule has 3 heterocycles. The Morgan fingerprint density at radius 2 is 2.14 bits per heavy atom. The molecule has 0 bridgehead atoms. The zero-order valence-corrected chi connectivity index (χ0v) is 11.2. The summed E-state index contributed by atoms with van der Waals surface area (Å²) in [6.45, 7) is -0.409. The van der Waals surface area contributed by atoms with Crippen LogP contribution in [0.1, 0.15) is 6.23 Å². The SMILES string of the molecule is CNc1nc2c(N)ncnc2n1[C@@H]1O[C@@H](CO)[C@@H](O)[C@H]1O. The van der Waals surface area contributed by atoms with Crippen molar-refractivity contribution in [1.29, 1.82) is 0 Å². The molecule has 6 N–H and O–H groups in total. The van der Waals surface area contributed by atoms with E-state index in [1.807, 2.05) is 0 Å². The molecule has 3 rings (SSSR count). The zero-order valence-electron chi connectivity index (χ0n) is 11.2. The van der Waals surface area contributed by atoms with E-state index in [1.54, 1.807) is 7.05 Å². The highest BCUT2D eigenvalue weighted by Crippen LogP contribution is 2.34. The van der Waals surface area contributed by atoms with Gasteiger partial charge in [-0.15, -0.1) is 0 Å². The van der Waals surface area contributed by atoms with Crippen molar-refractivity contribution in [3.05, 3.63) is 6.33 Å². The summed E-state index contributed by atoms with van der Waals surface area (Å²) in [7, 11) is 1.64. The quantitative estimate of drug-likeness (QED) is 0.435. The highest BCUT2D eigenvalue weighted by Gasteiger charge is 2.44. The molecule has 4 atom stereocenters. The topological polar surface area (TPSA) is 152 Å². The highest BCUT2D eigenvalue weighted by molar-refractivity contribution is 5.84. The lowest BCUT2D eigenvalue weighted by atomic mass is 10.1. The number of fused-ring (bicyclic) bond motifs is 1. The van der Waals surface area contributed by atoms with Crippen LogP contribution in [0.3, 0.4) is 0 Å². The number of hydrogen-bond acceptors (Lipinski definition) is 9. The number of nitrogens with one attached hydrogen (secondary N) is 1. The first kappa shape index (κ1) is 13.9. The van der Waals surface area contributed by atoms with Crippen molar-refractivity contribution in [3.8, 4) is 0 Å². The normalized spacial score (nSPS) is 29.1. The first-order valence-corrected chi connectivity index (χ1v) is 6.37. The second-order valence-electron chi connectivity index (χ2n) is 4.72. The van der Waals surface area contributed by atoms with Crippen molar-refractivity contribution < 1.29 is 20.1 Å². The number of imidazole rings is 1. The molecule has 1 fully saturated rings. The van der Waals surface area contributed by atoms with E-state index in [2.05, 4.69) is 20.3 Å². The molecule has 10 heteroatoms. The number of nitrogens with two attached hydrogens (primary N) is 1. The Kier molecular flexibility index (Phi) is 3.37. The number of aliphatic hydroxyl groups excluding tert-OH is 3. The number of nitrogen functional groups attached to an aromatic ring is 1. The van der Waals surface area contributed by atoms with Gasteiger partial charge in [-0.2, -0.15) is 0 Å². The van der Waals surface area contributed by atoms with Gasteiger partial charge in [0.1, 0.15) is 24.6 Å². The summed E-state index contributed by atoms with van der Waals surface area (Å²) in [6, 6.07) is 0. The molecule has 2 aromatic heterocycles. The van der Waals surface area contributed by atoms with Gasteiger partial charge in [-0.05, 0) is 0 Å². The third-order valence-electron chi connectivity index (χ3n) is 3.50. The summed E-state index contributed by atoms with van der Waals surface area (Å²) in [4.78, 5) is 12.2. The van der Waals surface area contributed by atoms with Gasteiger partial charge < -0.3 is 31.1 Å². The van der Waals surface area contributed by atoms with E-state index in [0.29, 0.717) is 17.1 Å². The van der Waals surface area contributed by atoms with Gasteiger partial charge in [-0.25, -0.2) is 15.0 Å². The van der Waals surface area contributed by atoms with Crippen molar-refractivity contribution in [2.24, 2.45) is 0 Å². The predicted molar refractivity (Wildman–Crippen MR) is 72.3 cm³/mol. The summed E-state index contributed by atoms with van der Waals surface area (Å²) < 4.78 is 6.98. The van der Waals surface area contributed by atoms with Gasteiger partial charge in [0.15, 0.2) is 23.2 Å². The van der Waals surface area contributed by atoms with Crippen LogP contribution in [0.4, 0.5) is 11.8 Å². The molecule has 0 saturated carbocycles. The number of hydrogen-bond donors (Lipinski definition) is 5. The lowest BCUT2D eigenvalue weighted by molar-refractivity contribution is -0.0501. The fourth-order valence-electron chi connectivity index (χ4n) is 2.44. The first-order chi connectivity index (χ1) is 10.1. The molecular formula is C11H16N6O4. The van der Waals surface area contributed by atoms with E-state index < -0.39 is 31.1 Å². The first-order valence-electron chi connectivity index (χ1n) is 6.37. The summed E-state index contributed by atoms with van der Waals surface area (Å²) >= 11 is 0. The van der Waals surface area contributed by atoms with Crippen LogP contribution in [-0.2, 0) is 4.74 Å². The summed E-state index contributed by atoms with van der Waals surface area (Å²) in [5.74, 6) is 0.550. The second-order valence-corrected chi connectivity index (χ2v) is 4.72. The average molecular weight is 296 g/mol. The minimum atomic E-state index is -1.23. The molecule has 0 spiro atoms. The van der Waals surface area contributed by atoms with Crippen LogP contribution in [0, 0.1) is 0 Å². The third-order valence-corrected chi connectivity index (χ3v) is 3.50. The molecule has 0 aromatic carbocycles. The van der Waals surface area contributed by atoms with Gasteiger partial charge in [0.25, 0.3) is 0 Å². The lowest BCUT2D eigenvalue weighted by Crippen LogP contribution is -2.33. The van der Waals surface area contributed by atoms with Crippen LogP contribution in [0.5, 0.6) is 0 Å². The molecular weight excluding hydrogens is 280 g/mol. The predicted octanol–water partition coefficient (Wildman–Crippen LogP) is -1.94. The Morgan fingerprint density at radius 3 is 2.76 bits per heavy atom. The fraction of sp³-hybridized carbons (Fsp3) is 0.545. The maximum absolute atomic E-state index is 10.1. The summed E-state index contributed by atoms with van der Waals surface area (Å²) in [6.07, 6.45) is -2.99. The molecule has 0 amide bonds. The minimum absolute atomic E-state index is 0.196. The van der Waals surface area contributed by atoms with Gasteiger partial charge in [0.05, 0.1) is 6.61 Å². The van der Waals surface area contributed by atoms with Crippen molar-refractivity contribution in [3.63, 3.8) is 0 Å². The maximum Gasteiger partial charge on any atom is 0.207 e. The second kappa shape index (κ2) is 5.07. The largest absolute Gasteiger partial charge is 0.394 e. The van der Waals surface area contributed by atoms with E-state index in [4.69, 9.17) is 10.5 Å². The van der Waals surface area contributed by atoms with Crippen LogP contribution in [0.25, 0.3) is 11.2 Å². The molecule has 0 radical (unpaired) electrons. The molecule has 0 aliphatic carbocycles. The Hall–Kier alpha value is -2.01. The van der Waals surface area contributed by atoms with Crippen LogP contribution in [0.2, 0.25) is 0 Å². The number of aromatic nitrogens is 4. The molecule has 10 nitrogen and oxygen atoms in total. The van der Waals surface area contributed by atoms with E-state index in [9.17, 15) is 15.3 Å². The van der Waals surface area contributed by atoms with Gasteiger partial charge in [-0.3, -0.25) is 4.57 Å². The molecule has 2 aromatic rings. The molecule has 1 saturated heterocycles. The Balaban J connectivity index is 2.14. The van der Waals surface area contributed by atoms with E-state index in [0.717, 1.165) is 0 Å². The van der Waals surface area contributed by atoms with Crippen LogP contribution >= 0.6 is 0 Å². The molecule has 21 heavy (non-hydrogen) atoms. The Labute approximate surface area is 119 Å². The van der Waals surface area contributed by atoms with Gasteiger partial charge >= 0.3 is 0 Å². The van der Waals surface area contributed by atoms with Crippen LogP contribution in [-0.4, -0.2) is 66.8 Å². The monoisotopic (exact) mass is 296 g/mol. The standard InChI is InChI=1S/C11H16N6O4/c1-13-11-16-5-8(12)14-3-15-9(5)17(11)10-7(20)6(19)4(2-18)21-10/h3-4,6-7,10,18-20H,2H2,1H3,(H,13,16)(H2,12,14,15)/t4-,6+,7+,10+/m0/s1. The number of anilines is 2. The highest BCUT2D eigenvalue weighted by atomic mass is 16.6. The number of nitrogens with zero attached hydrogens (tertiary/aromatic N) is 4. The lowest BCUT2D eigenvalue weighted by Gasteiger charge is -2.18. The fourth-order valence-corrected chi connectivity index (χ4v) is 2.44.